The monoisotopic (exact) mass is 249 g/mol. The van der Waals surface area contributed by atoms with Crippen LogP contribution in [0, 0.1) is 0 Å². The van der Waals surface area contributed by atoms with Crippen molar-refractivity contribution < 1.29 is 9.47 Å². The molecule has 1 aliphatic carbocycles. The van der Waals surface area contributed by atoms with Gasteiger partial charge in [-0.2, -0.15) is 0 Å². The molecule has 2 atom stereocenters. The lowest BCUT2D eigenvalue weighted by atomic mass is 9.95. The molecule has 0 spiro atoms. The van der Waals surface area contributed by atoms with Gasteiger partial charge in [0.15, 0.2) is 0 Å². The van der Waals surface area contributed by atoms with Gasteiger partial charge in [0, 0.05) is 20.1 Å². The van der Waals surface area contributed by atoms with E-state index in [-0.39, 0.29) is 0 Å². The van der Waals surface area contributed by atoms with Crippen molar-refractivity contribution in [3.63, 3.8) is 0 Å². The maximum Gasteiger partial charge on any atom is 0.119 e. The normalized spacial score (nSPS) is 23.9. The van der Waals surface area contributed by atoms with Crippen LogP contribution in [-0.2, 0) is 11.3 Å². The summed E-state index contributed by atoms with van der Waals surface area (Å²) in [5.41, 5.74) is 1.28. The third-order valence-corrected chi connectivity index (χ3v) is 3.52. The van der Waals surface area contributed by atoms with Gasteiger partial charge in [0.2, 0.25) is 0 Å². The molecule has 0 radical (unpaired) electrons. The van der Waals surface area contributed by atoms with Gasteiger partial charge in [-0.15, -0.1) is 0 Å². The van der Waals surface area contributed by atoms with Crippen molar-refractivity contribution in [1.82, 2.24) is 5.32 Å². The van der Waals surface area contributed by atoms with Crippen LogP contribution in [0.25, 0.3) is 0 Å². The van der Waals surface area contributed by atoms with Crippen LogP contribution < -0.4 is 10.1 Å². The number of ether oxygens (including phenoxy) is 2. The molecule has 0 aromatic heterocycles. The SMILES string of the molecule is CNCc1ccc(OC2CCCC(OC)C2)cc1. The molecular weight excluding hydrogens is 226 g/mol. The molecule has 3 heteroatoms. The highest BCUT2D eigenvalue weighted by atomic mass is 16.5. The molecule has 1 N–H and O–H groups in total. The van der Waals surface area contributed by atoms with Crippen LogP contribution in [0.5, 0.6) is 5.75 Å². The first-order valence-electron chi connectivity index (χ1n) is 6.75. The van der Waals surface area contributed by atoms with E-state index in [0.717, 1.165) is 31.6 Å². The van der Waals surface area contributed by atoms with E-state index >= 15 is 0 Å². The van der Waals surface area contributed by atoms with Gasteiger partial charge in [-0.1, -0.05) is 12.1 Å². The van der Waals surface area contributed by atoms with Crippen molar-refractivity contribution >= 4 is 0 Å². The minimum atomic E-state index is 0.304. The van der Waals surface area contributed by atoms with Crippen LogP contribution in [0.4, 0.5) is 0 Å². The van der Waals surface area contributed by atoms with Gasteiger partial charge in [-0.3, -0.25) is 0 Å². The van der Waals surface area contributed by atoms with E-state index in [1.807, 2.05) is 7.05 Å². The van der Waals surface area contributed by atoms with E-state index in [1.54, 1.807) is 7.11 Å². The Morgan fingerprint density at radius 1 is 1.17 bits per heavy atom. The Kier molecular flexibility index (Phi) is 5.02. The number of hydrogen-bond donors (Lipinski definition) is 1. The third-order valence-electron chi connectivity index (χ3n) is 3.52. The first-order chi connectivity index (χ1) is 8.81. The fraction of sp³-hybridized carbons (Fsp3) is 0.600. The maximum absolute atomic E-state index is 6.02. The molecule has 1 aromatic carbocycles. The maximum atomic E-state index is 6.02. The van der Waals surface area contributed by atoms with E-state index < -0.39 is 0 Å². The van der Waals surface area contributed by atoms with Crippen LogP contribution in [-0.4, -0.2) is 26.4 Å². The lowest BCUT2D eigenvalue weighted by molar-refractivity contribution is 0.0209. The van der Waals surface area contributed by atoms with Crippen LogP contribution in [0.15, 0.2) is 24.3 Å². The predicted molar refractivity (Wildman–Crippen MR) is 72.9 cm³/mol. The standard InChI is InChI=1S/C15H23NO2/c1-16-11-12-6-8-13(9-7-12)18-15-5-3-4-14(10-15)17-2/h6-9,14-16H,3-5,10-11H2,1-2H3. The van der Waals surface area contributed by atoms with Crippen molar-refractivity contribution in [1.29, 1.82) is 0 Å². The Morgan fingerprint density at radius 3 is 2.56 bits per heavy atom. The van der Waals surface area contributed by atoms with Gasteiger partial charge in [0.25, 0.3) is 0 Å². The molecule has 1 fully saturated rings. The zero-order chi connectivity index (χ0) is 12.8. The summed E-state index contributed by atoms with van der Waals surface area (Å²) in [5, 5.41) is 3.14. The zero-order valence-electron chi connectivity index (χ0n) is 11.3. The fourth-order valence-electron chi connectivity index (χ4n) is 2.51. The molecule has 1 aromatic rings. The van der Waals surface area contributed by atoms with Crippen LogP contribution >= 0.6 is 0 Å². The number of methoxy groups -OCH3 is 1. The highest BCUT2D eigenvalue weighted by Gasteiger charge is 2.22. The summed E-state index contributed by atoms with van der Waals surface area (Å²) in [6.07, 6.45) is 5.18. The van der Waals surface area contributed by atoms with E-state index in [1.165, 1.54) is 12.0 Å². The molecule has 0 heterocycles. The Morgan fingerprint density at radius 2 is 1.89 bits per heavy atom. The van der Waals surface area contributed by atoms with E-state index in [4.69, 9.17) is 9.47 Å². The zero-order valence-corrected chi connectivity index (χ0v) is 11.3. The summed E-state index contributed by atoms with van der Waals surface area (Å²) in [6, 6.07) is 8.34. The number of hydrogen-bond acceptors (Lipinski definition) is 3. The van der Waals surface area contributed by atoms with E-state index in [9.17, 15) is 0 Å². The van der Waals surface area contributed by atoms with Gasteiger partial charge in [0.05, 0.1) is 6.10 Å². The summed E-state index contributed by atoms with van der Waals surface area (Å²) in [6.45, 7) is 0.898. The van der Waals surface area contributed by atoms with Gasteiger partial charge in [-0.05, 0) is 44.0 Å². The van der Waals surface area contributed by atoms with E-state index in [0.29, 0.717) is 12.2 Å². The Balaban J connectivity index is 1.88. The van der Waals surface area contributed by atoms with E-state index in [2.05, 4.69) is 29.6 Å². The second-order valence-corrected chi connectivity index (χ2v) is 4.94. The lowest BCUT2D eigenvalue weighted by Crippen LogP contribution is -2.29. The van der Waals surface area contributed by atoms with Crippen molar-refractivity contribution in [3.05, 3.63) is 29.8 Å². The summed E-state index contributed by atoms with van der Waals surface area (Å²) >= 11 is 0. The molecule has 2 rings (SSSR count). The Hall–Kier alpha value is -1.06. The number of nitrogens with one attached hydrogen (secondary N) is 1. The van der Waals surface area contributed by atoms with Crippen molar-refractivity contribution in [2.75, 3.05) is 14.2 Å². The molecule has 0 bridgehead atoms. The molecule has 0 aliphatic heterocycles. The van der Waals surface area contributed by atoms with Gasteiger partial charge >= 0.3 is 0 Å². The second kappa shape index (κ2) is 6.76. The topological polar surface area (TPSA) is 30.5 Å². The van der Waals surface area contributed by atoms with Crippen molar-refractivity contribution in [2.45, 2.75) is 44.4 Å². The number of rotatable bonds is 5. The minimum Gasteiger partial charge on any atom is -0.490 e. The molecule has 2 unspecified atom stereocenters. The molecule has 100 valence electrons. The summed E-state index contributed by atoms with van der Waals surface area (Å²) in [7, 11) is 3.75. The average molecular weight is 249 g/mol. The Labute approximate surface area is 109 Å². The van der Waals surface area contributed by atoms with Crippen molar-refractivity contribution in [2.24, 2.45) is 0 Å². The summed E-state index contributed by atoms with van der Waals surface area (Å²) in [4.78, 5) is 0. The smallest absolute Gasteiger partial charge is 0.119 e. The van der Waals surface area contributed by atoms with Gasteiger partial charge in [0.1, 0.15) is 11.9 Å². The molecule has 3 nitrogen and oxygen atoms in total. The summed E-state index contributed by atoms with van der Waals surface area (Å²) < 4.78 is 11.4. The molecule has 0 amide bonds. The predicted octanol–water partition coefficient (Wildman–Crippen LogP) is 2.74. The molecule has 18 heavy (non-hydrogen) atoms. The van der Waals surface area contributed by atoms with Crippen LogP contribution in [0.2, 0.25) is 0 Å². The molecular formula is C15H23NO2. The van der Waals surface area contributed by atoms with Crippen LogP contribution in [0.3, 0.4) is 0 Å². The quantitative estimate of drug-likeness (QED) is 0.870. The first-order valence-corrected chi connectivity index (χ1v) is 6.75. The largest absolute Gasteiger partial charge is 0.490 e. The van der Waals surface area contributed by atoms with Crippen LogP contribution in [0.1, 0.15) is 31.2 Å². The Bertz CT molecular complexity index is 350. The average Bonchev–Trinajstić information content (AvgIpc) is 2.42. The third kappa shape index (κ3) is 3.72. The fourth-order valence-corrected chi connectivity index (χ4v) is 2.51. The lowest BCUT2D eigenvalue weighted by Gasteiger charge is -2.28. The van der Waals surface area contributed by atoms with Gasteiger partial charge in [-0.25, -0.2) is 0 Å². The van der Waals surface area contributed by atoms with Crippen molar-refractivity contribution in [3.8, 4) is 5.75 Å². The highest BCUT2D eigenvalue weighted by molar-refractivity contribution is 5.27. The highest BCUT2D eigenvalue weighted by Crippen LogP contribution is 2.25. The molecule has 1 aliphatic rings. The van der Waals surface area contributed by atoms with Gasteiger partial charge < -0.3 is 14.8 Å². The molecule has 1 saturated carbocycles. The second-order valence-electron chi connectivity index (χ2n) is 4.94. The molecule has 0 saturated heterocycles. The first kappa shape index (κ1) is 13.4. The minimum absolute atomic E-state index is 0.304. The summed E-state index contributed by atoms with van der Waals surface area (Å²) in [5.74, 6) is 0.969. The number of benzene rings is 1.